The molecule has 0 aromatic heterocycles. The van der Waals surface area contributed by atoms with Crippen LogP contribution in [0.5, 0.6) is 0 Å². The molecule has 0 aliphatic rings. The highest BCUT2D eigenvalue weighted by atomic mass is 31.2. The SMILES string of the molecule is COP(=O)(OC)C(=O)CCCCCC(=O)P(=O)(OC)OC. The highest BCUT2D eigenvalue weighted by Crippen LogP contribution is 2.49. The Morgan fingerprint density at radius 2 is 0.952 bits per heavy atom. The van der Waals surface area contributed by atoms with E-state index < -0.39 is 26.2 Å². The number of carbonyl (C=O) groups is 2. The Kier molecular flexibility index (Phi) is 9.45. The maximum atomic E-state index is 11.7. The molecule has 0 heterocycles. The van der Waals surface area contributed by atoms with Crippen molar-refractivity contribution in [2.45, 2.75) is 32.1 Å². The molecule has 0 saturated heterocycles. The second kappa shape index (κ2) is 9.62. The highest BCUT2D eigenvalue weighted by Gasteiger charge is 2.32. The van der Waals surface area contributed by atoms with Gasteiger partial charge in [0.1, 0.15) is 0 Å². The molecular weight excluding hydrogens is 322 g/mol. The zero-order chi connectivity index (χ0) is 16.5. The molecule has 0 aromatic carbocycles. The van der Waals surface area contributed by atoms with Crippen LogP contribution in [0.1, 0.15) is 32.1 Å². The van der Waals surface area contributed by atoms with E-state index in [9.17, 15) is 18.7 Å². The molecule has 8 nitrogen and oxygen atoms in total. The van der Waals surface area contributed by atoms with Crippen molar-refractivity contribution < 1.29 is 36.8 Å². The van der Waals surface area contributed by atoms with Gasteiger partial charge in [0.25, 0.3) is 0 Å². The largest absolute Gasteiger partial charge is 0.396 e. The van der Waals surface area contributed by atoms with E-state index in [0.717, 1.165) is 28.4 Å². The lowest BCUT2D eigenvalue weighted by Crippen LogP contribution is -2.05. The van der Waals surface area contributed by atoms with E-state index in [0.29, 0.717) is 19.3 Å². The molecule has 124 valence electrons. The molecule has 10 heteroatoms. The van der Waals surface area contributed by atoms with Crippen molar-refractivity contribution in [1.82, 2.24) is 0 Å². The number of carbonyl (C=O) groups excluding carboxylic acids is 2. The minimum absolute atomic E-state index is 0.0271. The van der Waals surface area contributed by atoms with E-state index in [1.807, 2.05) is 0 Å². The van der Waals surface area contributed by atoms with Crippen molar-refractivity contribution in [3.63, 3.8) is 0 Å². The molecule has 0 aliphatic heterocycles. The van der Waals surface area contributed by atoms with Crippen molar-refractivity contribution in [3.8, 4) is 0 Å². The van der Waals surface area contributed by atoms with Crippen LogP contribution in [0.2, 0.25) is 0 Å². The molecule has 0 fully saturated rings. The van der Waals surface area contributed by atoms with E-state index >= 15 is 0 Å². The van der Waals surface area contributed by atoms with Crippen LogP contribution < -0.4 is 0 Å². The molecule has 0 aromatic rings. The molecule has 0 unspecified atom stereocenters. The van der Waals surface area contributed by atoms with E-state index in [4.69, 9.17) is 0 Å². The van der Waals surface area contributed by atoms with Gasteiger partial charge in [0.05, 0.1) is 0 Å². The summed E-state index contributed by atoms with van der Waals surface area (Å²) in [4.78, 5) is 23.2. The Morgan fingerprint density at radius 3 is 1.19 bits per heavy atom. The van der Waals surface area contributed by atoms with Crippen LogP contribution in [-0.4, -0.2) is 39.5 Å². The van der Waals surface area contributed by atoms with Gasteiger partial charge in [-0.2, -0.15) is 0 Å². The highest BCUT2D eigenvalue weighted by molar-refractivity contribution is 7.72. The van der Waals surface area contributed by atoms with Crippen LogP contribution in [0.25, 0.3) is 0 Å². The first-order valence-corrected chi connectivity index (χ1v) is 9.38. The van der Waals surface area contributed by atoms with Gasteiger partial charge in [-0.25, -0.2) is 0 Å². The Hall–Kier alpha value is -0.360. The van der Waals surface area contributed by atoms with Crippen molar-refractivity contribution in [2.75, 3.05) is 28.4 Å². The van der Waals surface area contributed by atoms with Crippen LogP contribution >= 0.6 is 15.2 Å². The summed E-state index contributed by atoms with van der Waals surface area (Å²) in [6.45, 7) is 0. The normalized spacial score (nSPS) is 12.4. The van der Waals surface area contributed by atoms with Crippen LogP contribution in [0, 0.1) is 0 Å². The smallest absolute Gasteiger partial charge is 0.307 e. The van der Waals surface area contributed by atoms with Crippen molar-refractivity contribution in [1.29, 1.82) is 0 Å². The van der Waals surface area contributed by atoms with Gasteiger partial charge in [-0.05, 0) is 12.8 Å². The molecule has 21 heavy (non-hydrogen) atoms. The molecule has 0 atom stereocenters. The van der Waals surface area contributed by atoms with E-state index in [1.165, 1.54) is 0 Å². The molecular formula is C11H22O8P2. The summed E-state index contributed by atoms with van der Waals surface area (Å²) in [5.41, 5.74) is -1.20. The third kappa shape index (κ3) is 6.10. The first-order valence-electron chi connectivity index (χ1n) is 6.29. The molecule has 0 rings (SSSR count). The fourth-order valence-corrected chi connectivity index (χ4v) is 3.54. The second-order valence-electron chi connectivity index (χ2n) is 4.07. The summed E-state index contributed by atoms with van der Waals surface area (Å²) in [7, 11) is -2.75. The van der Waals surface area contributed by atoms with E-state index in [2.05, 4.69) is 18.1 Å². The van der Waals surface area contributed by atoms with Gasteiger partial charge in [-0.3, -0.25) is 18.7 Å². The average Bonchev–Trinajstić information content (AvgIpc) is 2.52. The van der Waals surface area contributed by atoms with E-state index in [-0.39, 0.29) is 12.8 Å². The second-order valence-corrected chi connectivity index (χ2v) is 8.52. The Morgan fingerprint density at radius 1 is 0.667 bits per heavy atom. The van der Waals surface area contributed by atoms with Gasteiger partial charge in [-0.15, -0.1) is 0 Å². The summed E-state index contributed by atoms with van der Waals surface area (Å²) in [6.07, 6.45) is 1.43. The minimum Gasteiger partial charge on any atom is -0.307 e. The Labute approximate surface area is 124 Å². The van der Waals surface area contributed by atoms with Crippen molar-refractivity contribution in [3.05, 3.63) is 0 Å². The monoisotopic (exact) mass is 344 g/mol. The Balaban J connectivity index is 4.09. The predicted octanol–water partition coefficient (Wildman–Crippen LogP) is 2.96. The summed E-state index contributed by atoms with van der Waals surface area (Å²) in [5, 5.41) is 0. The summed E-state index contributed by atoms with van der Waals surface area (Å²) in [6, 6.07) is 0. The van der Waals surface area contributed by atoms with Crippen LogP contribution in [-0.2, 0) is 36.8 Å². The summed E-state index contributed by atoms with van der Waals surface area (Å²) < 4.78 is 41.7. The third-order valence-electron chi connectivity index (χ3n) is 2.85. The lowest BCUT2D eigenvalue weighted by Gasteiger charge is -2.12. The molecule has 0 spiro atoms. The maximum absolute atomic E-state index is 11.7. The van der Waals surface area contributed by atoms with Crippen molar-refractivity contribution in [2.24, 2.45) is 0 Å². The molecule has 0 radical (unpaired) electrons. The van der Waals surface area contributed by atoms with Gasteiger partial charge in [0.2, 0.25) is 11.0 Å². The van der Waals surface area contributed by atoms with Gasteiger partial charge in [0.15, 0.2) is 0 Å². The van der Waals surface area contributed by atoms with Crippen LogP contribution in [0.3, 0.4) is 0 Å². The zero-order valence-corrected chi connectivity index (χ0v) is 14.5. The number of hydrogen-bond acceptors (Lipinski definition) is 8. The fourth-order valence-electron chi connectivity index (χ4n) is 1.56. The topological polar surface area (TPSA) is 105 Å². The third-order valence-corrected chi connectivity index (χ3v) is 6.45. The number of hydrogen-bond donors (Lipinski definition) is 0. The fraction of sp³-hybridized carbons (Fsp3) is 0.818. The number of unbranched alkanes of at least 4 members (excludes halogenated alkanes) is 2. The molecule has 0 bridgehead atoms. The first-order chi connectivity index (χ1) is 9.79. The molecule has 0 saturated carbocycles. The molecule has 0 amide bonds. The lowest BCUT2D eigenvalue weighted by atomic mass is 10.2. The summed E-state index contributed by atoms with van der Waals surface area (Å²) >= 11 is 0. The van der Waals surface area contributed by atoms with E-state index in [1.54, 1.807) is 0 Å². The van der Waals surface area contributed by atoms with Crippen molar-refractivity contribution >= 4 is 26.2 Å². The average molecular weight is 344 g/mol. The first kappa shape index (κ1) is 20.6. The molecule has 0 aliphatic carbocycles. The van der Waals surface area contributed by atoms with Gasteiger partial charge < -0.3 is 18.1 Å². The van der Waals surface area contributed by atoms with Crippen LogP contribution in [0.15, 0.2) is 0 Å². The molecule has 0 N–H and O–H groups in total. The predicted molar refractivity (Wildman–Crippen MR) is 76.3 cm³/mol. The lowest BCUT2D eigenvalue weighted by molar-refractivity contribution is -0.114. The minimum atomic E-state index is -3.67. The van der Waals surface area contributed by atoms with Gasteiger partial charge in [-0.1, -0.05) is 6.42 Å². The van der Waals surface area contributed by atoms with Gasteiger partial charge in [0, 0.05) is 41.3 Å². The maximum Gasteiger partial charge on any atom is 0.396 e. The van der Waals surface area contributed by atoms with Gasteiger partial charge >= 0.3 is 15.2 Å². The number of rotatable bonds is 12. The quantitative estimate of drug-likeness (QED) is 0.393. The standard InChI is InChI=1S/C11H22O8P2/c1-16-20(14,17-2)10(12)8-6-5-7-9-11(13)21(15,18-3)19-4/h5-9H2,1-4H3. The van der Waals surface area contributed by atoms with Crippen LogP contribution in [0.4, 0.5) is 0 Å². The Bertz CT molecular complexity index is 392. The zero-order valence-electron chi connectivity index (χ0n) is 12.7. The summed E-state index contributed by atoms with van der Waals surface area (Å²) in [5.74, 6) is 0.